The molecule has 0 N–H and O–H groups in total. The Kier molecular flexibility index (Phi) is 4.00. The van der Waals surface area contributed by atoms with Gasteiger partial charge in [0.05, 0.1) is 24.2 Å². The van der Waals surface area contributed by atoms with Crippen molar-refractivity contribution >= 4 is 5.91 Å². The van der Waals surface area contributed by atoms with Gasteiger partial charge in [-0.05, 0) is 38.8 Å². The third-order valence-electron chi connectivity index (χ3n) is 4.35. The number of rotatable bonds is 4. The summed E-state index contributed by atoms with van der Waals surface area (Å²) in [5.74, 6) is 1.01. The molecule has 2 aromatic rings. The van der Waals surface area contributed by atoms with Crippen LogP contribution in [-0.4, -0.2) is 31.8 Å². The van der Waals surface area contributed by atoms with Gasteiger partial charge in [0.25, 0.3) is 0 Å². The summed E-state index contributed by atoms with van der Waals surface area (Å²) < 4.78 is 7.19. The highest BCUT2D eigenvalue weighted by Crippen LogP contribution is 2.26. The molecule has 1 aliphatic carbocycles. The predicted molar refractivity (Wildman–Crippen MR) is 80.9 cm³/mol. The molecule has 0 radical (unpaired) electrons. The van der Waals surface area contributed by atoms with Crippen LogP contribution in [0.4, 0.5) is 0 Å². The van der Waals surface area contributed by atoms with Crippen molar-refractivity contribution in [2.45, 2.75) is 45.7 Å². The zero-order chi connectivity index (χ0) is 15.7. The SMILES string of the molecule is CC(C)N(Cc1ccco1)C(=O)C1CCc2nnn(C)c2C1. The van der Waals surface area contributed by atoms with Crippen molar-refractivity contribution in [3.63, 3.8) is 0 Å². The number of fused-ring (bicyclic) bond motifs is 1. The first kappa shape index (κ1) is 14.8. The van der Waals surface area contributed by atoms with Gasteiger partial charge in [0, 0.05) is 25.4 Å². The fourth-order valence-corrected chi connectivity index (χ4v) is 3.04. The van der Waals surface area contributed by atoms with Crippen LogP contribution in [0, 0.1) is 5.92 Å². The Balaban J connectivity index is 1.75. The molecule has 1 amide bonds. The molecule has 0 fully saturated rings. The Bertz CT molecular complexity index is 645. The summed E-state index contributed by atoms with van der Waals surface area (Å²) in [6, 6.07) is 3.91. The van der Waals surface area contributed by atoms with E-state index < -0.39 is 0 Å². The quantitative estimate of drug-likeness (QED) is 0.866. The van der Waals surface area contributed by atoms with Crippen molar-refractivity contribution in [2.75, 3.05) is 0 Å². The molecule has 1 aliphatic rings. The number of aromatic nitrogens is 3. The molecule has 22 heavy (non-hydrogen) atoms. The smallest absolute Gasteiger partial charge is 0.226 e. The molecule has 2 heterocycles. The van der Waals surface area contributed by atoms with E-state index in [4.69, 9.17) is 4.42 Å². The molecular formula is C16H22N4O2. The first-order valence-corrected chi connectivity index (χ1v) is 7.76. The lowest BCUT2D eigenvalue weighted by atomic mass is 9.88. The molecule has 2 aromatic heterocycles. The van der Waals surface area contributed by atoms with Gasteiger partial charge in [0.15, 0.2) is 0 Å². The first-order valence-electron chi connectivity index (χ1n) is 7.76. The van der Waals surface area contributed by atoms with E-state index in [1.807, 2.05) is 37.9 Å². The number of carbonyl (C=O) groups excluding carboxylic acids is 1. The standard InChI is InChI=1S/C16H22N4O2/c1-11(2)20(10-13-5-4-8-22-13)16(21)12-6-7-14-15(9-12)19(3)18-17-14/h4-5,8,11-12H,6-7,9-10H2,1-3H3. The van der Waals surface area contributed by atoms with Gasteiger partial charge in [-0.25, -0.2) is 0 Å². The Morgan fingerprint density at radius 2 is 2.36 bits per heavy atom. The summed E-state index contributed by atoms with van der Waals surface area (Å²) in [5.41, 5.74) is 2.12. The van der Waals surface area contributed by atoms with E-state index in [2.05, 4.69) is 10.3 Å². The molecule has 118 valence electrons. The van der Waals surface area contributed by atoms with Crippen molar-refractivity contribution in [1.29, 1.82) is 0 Å². The zero-order valence-electron chi connectivity index (χ0n) is 13.3. The van der Waals surface area contributed by atoms with Crippen LogP contribution in [0.1, 0.15) is 37.4 Å². The van der Waals surface area contributed by atoms with E-state index >= 15 is 0 Å². The van der Waals surface area contributed by atoms with Crippen LogP contribution >= 0.6 is 0 Å². The minimum absolute atomic E-state index is 0.00191. The number of amides is 1. The Hall–Kier alpha value is -2.11. The first-order chi connectivity index (χ1) is 10.6. The minimum Gasteiger partial charge on any atom is -0.467 e. The lowest BCUT2D eigenvalue weighted by Crippen LogP contribution is -2.42. The molecule has 0 aliphatic heterocycles. The third kappa shape index (κ3) is 2.77. The highest BCUT2D eigenvalue weighted by atomic mass is 16.3. The number of carbonyl (C=O) groups is 1. The fraction of sp³-hybridized carbons (Fsp3) is 0.562. The molecule has 0 spiro atoms. The average Bonchev–Trinajstić information content (AvgIpc) is 3.14. The van der Waals surface area contributed by atoms with Gasteiger partial charge in [0.1, 0.15) is 5.76 Å². The largest absolute Gasteiger partial charge is 0.467 e. The minimum atomic E-state index is 0.00191. The maximum Gasteiger partial charge on any atom is 0.226 e. The molecule has 0 saturated heterocycles. The summed E-state index contributed by atoms with van der Waals surface area (Å²) >= 11 is 0. The summed E-state index contributed by atoms with van der Waals surface area (Å²) in [6.07, 6.45) is 4.03. The van der Waals surface area contributed by atoms with E-state index in [-0.39, 0.29) is 17.9 Å². The van der Waals surface area contributed by atoms with Gasteiger partial charge in [-0.2, -0.15) is 0 Å². The summed E-state index contributed by atoms with van der Waals surface area (Å²) in [5, 5.41) is 8.22. The van der Waals surface area contributed by atoms with Crippen molar-refractivity contribution in [2.24, 2.45) is 13.0 Å². The number of hydrogen-bond donors (Lipinski definition) is 0. The van der Waals surface area contributed by atoms with E-state index in [1.54, 1.807) is 10.9 Å². The topological polar surface area (TPSA) is 64.2 Å². The highest BCUT2D eigenvalue weighted by Gasteiger charge is 2.32. The van der Waals surface area contributed by atoms with E-state index in [0.29, 0.717) is 6.54 Å². The third-order valence-corrected chi connectivity index (χ3v) is 4.35. The Morgan fingerprint density at radius 3 is 3.05 bits per heavy atom. The van der Waals surface area contributed by atoms with Gasteiger partial charge in [-0.1, -0.05) is 5.21 Å². The molecule has 3 rings (SSSR count). The van der Waals surface area contributed by atoms with Crippen LogP contribution in [0.2, 0.25) is 0 Å². The van der Waals surface area contributed by atoms with Gasteiger partial charge in [-0.3, -0.25) is 9.48 Å². The summed E-state index contributed by atoms with van der Waals surface area (Å²) in [6.45, 7) is 4.61. The second-order valence-corrected chi connectivity index (χ2v) is 6.19. The molecule has 0 saturated carbocycles. The summed E-state index contributed by atoms with van der Waals surface area (Å²) in [7, 11) is 1.89. The zero-order valence-corrected chi connectivity index (χ0v) is 13.3. The van der Waals surface area contributed by atoms with Crippen molar-refractivity contribution in [3.05, 3.63) is 35.5 Å². The molecule has 0 bridgehead atoms. The van der Waals surface area contributed by atoms with E-state index in [9.17, 15) is 4.79 Å². The van der Waals surface area contributed by atoms with Gasteiger partial charge < -0.3 is 9.32 Å². The normalized spacial score (nSPS) is 17.5. The second-order valence-electron chi connectivity index (χ2n) is 6.19. The van der Waals surface area contributed by atoms with Crippen molar-refractivity contribution in [3.8, 4) is 0 Å². The predicted octanol–water partition coefficient (Wildman–Crippen LogP) is 1.95. The Labute approximate surface area is 130 Å². The van der Waals surface area contributed by atoms with Gasteiger partial charge >= 0.3 is 0 Å². The second kappa shape index (κ2) is 5.94. The van der Waals surface area contributed by atoms with Crippen LogP contribution in [0.15, 0.2) is 22.8 Å². The van der Waals surface area contributed by atoms with Gasteiger partial charge in [0.2, 0.25) is 5.91 Å². The molecule has 6 heteroatoms. The fourth-order valence-electron chi connectivity index (χ4n) is 3.04. The summed E-state index contributed by atoms with van der Waals surface area (Å²) in [4.78, 5) is 14.8. The molecular weight excluding hydrogens is 280 g/mol. The monoisotopic (exact) mass is 302 g/mol. The van der Waals surface area contributed by atoms with E-state index in [0.717, 1.165) is 36.4 Å². The number of aryl methyl sites for hydroxylation is 2. The molecule has 6 nitrogen and oxygen atoms in total. The molecule has 1 unspecified atom stereocenters. The molecule has 0 aromatic carbocycles. The lowest BCUT2D eigenvalue weighted by molar-refractivity contribution is -0.138. The number of hydrogen-bond acceptors (Lipinski definition) is 4. The van der Waals surface area contributed by atoms with Crippen LogP contribution in [0.3, 0.4) is 0 Å². The average molecular weight is 302 g/mol. The van der Waals surface area contributed by atoms with Crippen LogP contribution in [0.5, 0.6) is 0 Å². The van der Waals surface area contributed by atoms with Crippen LogP contribution < -0.4 is 0 Å². The lowest BCUT2D eigenvalue weighted by Gasteiger charge is -2.31. The van der Waals surface area contributed by atoms with Gasteiger partial charge in [-0.15, -0.1) is 5.10 Å². The maximum atomic E-state index is 12.9. The maximum absolute atomic E-state index is 12.9. The molecule has 1 atom stereocenters. The highest BCUT2D eigenvalue weighted by molar-refractivity contribution is 5.79. The number of furan rings is 1. The van der Waals surface area contributed by atoms with E-state index in [1.165, 1.54) is 0 Å². The number of nitrogens with zero attached hydrogens (tertiary/aromatic N) is 4. The van der Waals surface area contributed by atoms with Crippen molar-refractivity contribution < 1.29 is 9.21 Å². The van der Waals surface area contributed by atoms with Crippen molar-refractivity contribution in [1.82, 2.24) is 19.9 Å². The van der Waals surface area contributed by atoms with Crippen LogP contribution in [0.25, 0.3) is 0 Å². The Morgan fingerprint density at radius 1 is 1.55 bits per heavy atom. The van der Waals surface area contributed by atoms with Crippen LogP contribution in [-0.2, 0) is 31.2 Å².